The number of benzene rings is 2. The molecule has 0 spiro atoms. The monoisotopic (exact) mass is 279 g/mol. The van der Waals surface area contributed by atoms with Crippen molar-refractivity contribution in [2.45, 2.75) is 6.92 Å². The first kappa shape index (κ1) is 12.9. The maximum atomic E-state index is 9.77. The van der Waals surface area contributed by atoms with Crippen LogP contribution in [0.1, 0.15) is 12.5 Å². The van der Waals surface area contributed by atoms with Gasteiger partial charge in [0.15, 0.2) is 0 Å². The molecule has 0 saturated carbocycles. The number of hydrogen-bond donors (Lipinski definition) is 1. The van der Waals surface area contributed by atoms with E-state index < -0.39 is 0 Å². The number of phenols is 1. The minimum absolute atomic E-state index is 0.162. The van der Waals surface area contributed by atoms with Gasteiger partial charge < -0.3 is 5.11 Å². The van der Waals surface area contributed by atoms with Gasteiger partial charge in [-0.3, -0.25) is 4.99 Å². The van der Waals surface area contributed by atoms with Crippen LogP contribution in [0.5, 0.6) is 5.75 Å². The second kappa shape index (κ2) is 5.42. The van der Waals surface area contributed by atoms with Gasteiger partial charge in [0.2, 0.25) is 0 Å². The molecule has 92 valence electrons. The van der Waals surface area contributed by atoms with Crippen LogP contribution < -0.4 is 0 Å². The van der Waals surface area contributed by atoms with Crippen LogP contribution in [0.25, 0.3) is 0 Å². The van der Waals surface area contributed by atoms with E-state index in [1.54, 1.807) is 30.3 Å². The molecule has 0 unspecified atom stereocenters. The maximum Gasteiger partial charge on any atom is 0.124 e. The Bertz CT molecular complexity index is 591. The fraction of sp³-hybridized carbons (Fsp3) is 0.0714. The Hall–Kier alpha value is -1.51. The lowest BCUT2D eigenvalue weighted by atomic mass is 10.1. The fourth-order valence-electron chi connectivity index (χ4n) is 1.57. The van der Waals surface area contributed by atoms with Crippen molar-refractivity contribution in [1.82, 2.24) is 0 Å². The summed E-state index contributed by atoms with van der Waals surface area (Å²) in [5, 5.41) is 11.0. The first-order valence-electron chi connectivity index (χ1n) is 5.36. The molecule has 2 aromatic rings. The molecule has 0 amide bonds. The Morgan fingerprint density at radius 1 is 1.00 bits per heavy atom. The normalized spacial score (nSPS) is 11.6. The van der Waals surface area contributed by atoms with Gasteiger partial charge in [-0.15, -0.1) is 0 Å². The predicted octanol–water partition coefficient (Wildman–Crippen LogP) is 4.84. The fourth-order valence-corrected chi connectivity index (χ4v) is 1.87. The highest BCUT2D eigenvalue weighted by atomic mass is 35.5. The zero-order valence-corrected chi connectivity index (χ0v) is 11.2. The molecular formula is C14H11Cl2NO. The minimum atomic E-state index is 0.162. The zero-order valence-electron chi connectivity index (χ0n) is 9.69. The summed E-state index contributed by atoms with van der Waals surface area (Å²) in [4.78, 5) is 4.41. The molecular weight excluding hydrogens is 269 g/mol. The Kier molecular flexibility index (Phi) is 3.90. The van der Waals surface area contributed by atoms with Crippen LogP contribution in [0.3, 0.4) is 0 Å². The lowest BCUT2D eigenvalue weighted by molar-refractivity contribution is 0.474. The maximum absolute atomic E-state index is 9.77. The average molecular weight is 280 g/mol. The Balaban J connectivity index is 2.38. The second-order valence-electron chi connectivity index (χ2n) is 3.84. The van der Waals surface area contributed by atoms with Crippen molar-refractivity contribution >= 4 is 34.6 Å². The Morgan fingerprint density at radius 2 is 1.61 bits per heavy atom. The summed E-state index contributed by atoms with van der Waals surface area (Å²) in [5.74, 6) is 0.162. The molecule has 0 bridgehead atoms. The molecule has 4 heteroatoms. The van der Waals surface area contributed by atoms with Gasteiger partial charge in [0.1, 0.15) is 5.75 Å². The summed E-state index contributed by atoms with van der Waals surface area (Å²) < 4.78 is 0. The summed E-state index contributed by atoms with van der Waals surface area (Å²) in [7, 11) is 0. The number of halogens is 2. The average Bonchev–Trinajstić information content (AvgIpc) is 2.35. The van der Waals surface area contributed by atoms with Crippen molar-refractivity contribution in [1.29, 1.82) is 0 Å². The number of nitrogens with zero attached hydrogens (tertiary/aromatic N) is 1. The topological polar surface area (TPSA) is 32.6 Å². The van der Waals surface area contributed by atoms with E-state index in [0.717, 1.165) is 5.69 Å². The van der Waals surface area contributed by atoms with E-state index in [9.17, 15) is 5.11 Å². The van der Waals surface area contributed by atoms with Crippen LogP contribution >= 0.6 is 23.2 Å². The molecule has 18 heavy (non-hydrogen) atoms. The number of hydrogen-bond acceptors (Lipinski definition) is 2. The van der Waals surface area contributed by atoms with Gasteiger partial charge in [-0.1, -0.05) is 23.2 Å². The van der Waals surface area contributed by atoms with Crippen molar-refractivity contribution in [2.75, 3.05) is 0 Å². The van der Waals surface area contributed by atoms with E-state index in [4.69, 9.17) is 23.2 Å². The van der Waals surface area contributed by atoms with Crippen LogP contribution in [-0.2, 0) is 0 Å². The smallest absolute Gasteiger partial charge is 0.124 e. The van der Waals surface area contributed by atoms with Gasteiger partial charge in [0.25, 0.3) is 0 Å². The molecule has 0 aliphatic rings. The lowest BCUT2D eigenvalue weighted by Crippen LogP contribution is -1.94. The minimum Gasteiger partial charge on any atom is -0.507 e. The van der Waals surface area contributed by atoms with E-state index in [-0.39, 0.29) is 5.75 Å². The van der Waals surface area contributed by atoms with Gasteiger partial charge >= 0.3 is 0 Å². The van der Waals surface area contributed by atoms with Gasteiger partial charge in [-0.2, -0.15) is 0 Å². The van der Waals surface area contributed by atoms with E-state index in [0.29, 0.717) is 21.3 Å². The van der Waals surface area contributed by atoms with Gasteiger partial charge in [-0.05, 0) is 49.4 Å². The quantitative estimate of drug-likeness (QED) is 0.784. The van der Waals surface area contributed by atoms with E-state index in [1.165, 1.54) is 0 Å². The number of phenolic OH excluding ortho intramolecular Hbond substituents is 1. The molecule has 0 radical (unpaired) electrons. The third-order valence-electron chi connectivity index (χ3n) is 2.47. The Morgan fingerprint density at radius 3 is 2.28 bits per heavy atom. The van der Waals surface area contributed by atoms with Crippen LogP contribution in [0.2, 0.25) is 10.0 Å². The molecule has 0 fully saturated rings. The van der Waals surface area contributed by atoms with Gasteiger partial charge in [0.05, 0.1) is 5.69 Å². The molecule has 0 aliphatic carbocycles. The summed E-state index contributed by atoms with van der Waals surface area (Å²) in [6, 6.07) is 12.0. The van der Waals surface area contributed by atoms with Crippen LogP contribution in [0.15, 0.2) is 47.5 Å². The zero-order chi connectivity index (χ0) is 13.1. The van der Waals surface area contributed by atoms with E-state index >= 15 is 0 Å². The first-order chi connectivity index (χ1) is 8.56. The molecule has 0 atom stereocenters. The van der Waals surface area contributed by atoms with Crippen LogP contribution in [0.4, 0.5) is 5.69 Å². The second-order valence-corrected chi connectivity index (χ2v) is 4.71. The van der Waals surface area contributed by atoms with E-state index in [1.807, 2.05) is 19.1 Å². The van der Waals surface area contributed by atoms with Crippen LogP contribution in [0, 0.1) is 0 Å². The van der Waals surface area contributed by atoms with Crippen molar-refractivity contribution in [2.24, 2.45) is 4.99 Å². The van der Waals surface area contributed by atoms with Crippen molar-refractivity contribution in [3.05, 3.63) is 58.1 Å². The molecule has 0 aromatic heterocycles. The number of aliphatic imine (C=N–C) groups is 1. The van der Waals surface area contributed by atoms with Crippen molar-refractivity contribution in [3.63, 3.8) is 0 Å². The largest absolute Gasteiger partial charge is 0.507 e. The summed E-state index contributed by atoms with van der Waals surface area (Å²) in [6.07, 6.45) is 0. The summed E-state index contributed by atoms with van der Waals surface area (Å²) >= 11 is 11.7. The van der Waals surface area contributed by atoms with Crippen LogP contribution in [-0.4, -0.2) is 10.8 Å². The molecule has 0 aliphatic heterocycles. The van der Waals surface area contributed by atoms with Crippen molar-refractivity contribution in [3.8, 4) is 5.75 Å². The molecule has 0 saturated heterocycles. The molecule has 2 aromatic carbocycles. The third kappa shape index (κ3) is 3.03. The van der Waals surface area contributed by atoms with Gasteiger partial charge in [-0.25, -0.2) is 0 Å². The first-order valence-corrected chi connectivity index (χ1v) is 6.11. The molecule has 1 N–H and O–H groups in total. The predicted molar refractivity (Wildman–Crippen MR) is 76.4 cm³/mol. The lowest BCUT2D eigenvalue weighted by Gasteiger charge is -2.05. The molecule has 2 nitrogen and oxygen atoms in total. The summed E-state index contributed by atoms with van der Waals surface area (Å²) in [5.41, 5.74) is 2.09. The number of rotatable bonds is 2. The van der Waals surface area contributed by atoms with E-state index in [2.05, 4.69) is 4.99 Å². The summed E-state index contributed by atoms with van der Waals surface area (Å²) in [6.45, 7) is 1.82. The van der Waals surface area contributed by atoms with Gasteiger partial charge in [0, 0.05) is 21.3 Å². The highest BCUT2D eigenvalue weighted by molar-refractivity contribution is 6.31. The standard InChI is InChI=1S/C14H11Cl2NO/c1-9(13-8-11(16)4-7-14(13)18)17-12-5-2-10(15)3-6-12/h2-8,18H,1H3. The third-order valence-corrected chi connectivity index (χ3v) is 2.96. The highest BCUT2D eigenvalue weighted by Crippen LogP contribution is 2.24. The van der Waals surface area contributed by atoms with Crippen molar-refractivity contribution < 1.29 is 5.11 Å². The molecule has 2 rings (SSSR count). The Labute approximate surface area is 116 Å². The molecule has 0 heterocycles. The number of aromatic hydroxyl groups is 1. The SMILES string of the molecule is CC(=Nc1ccc(Cl)cc1)c1cc(Cl)ccc1O. The highest BCUT2D eigenvalue weighted by Gasteiger charge is 2.05.